The maximum Gasteiger partial charge on any atom is 0.336 e. The summed E-state index contributed by atoms with van der Waals surface area (Å²) >= 11 is 0. The molecule has 1 aromatic heterocycles. The molecule has 0 bridgehead atoms. The lowest BCUT2D eigenvalue weighted by Crippen LogP contribution is -2.66. The van der Waals surface area contributed by atoms with E-state index in [1.165, 1.54) is 22.0 Å². The van der Waals surface area contributed by atoms with E-state index in [1.807, 2.05) is 24.3 Å². The molecule has 0 aliphatic carbocycles. The van der Waals surface area contributed by atoms with Gasteiger partial charge in [0.15, 0.2) is 0 Å². The van der Waals surface area contributed by atoms with Crippen molar-refractivity contribution in [1.29, 1.82) is 0 Å². The monoisotopic (exact) mass is 512 g/mol. The van der Waals surface area contributed by atoms with Gasteiger partial charge in [-0.2, -0.15) is 0 Å². The Hall–Kier alpha value is -3.41. The smallest absolute Gasteiger partial charge is 0.336 e. The predicted octanol–water partition coefficient (Wildman–Crippen LogP) is 6.26. The van der Waals surface area contributed by atoms with E-state index in [4.69, 9.17) is 13.6 Å². The minimum absolute atomic E-state index is 0.101. The van der Waals surface area contributed by atoms with Crippen LogP contribution in [0.4, 0.5) is 0 Å². The molecule has 4 rings (SSSR count). The Morgan fingerprint density at radius 3 is 2.00 bits per heavy atom. The van der Waals surface area contributed by atoms with E-state index >= 15 is 0 Å². The molecule has 5 heteroatoms. The summed E-state index contributed by atoms with van der Waals surface area (Å²) in [7, 11) is -2.63. The number of rotatable bonds is 9. The minimum Gasteiger partial charge on any atom is -0.491 e. The first-order chi connectivity index (χ1) is 17.7. The summed E-state index contributed by atoms with van der Waals surface area (Å²) in [6.07, 6.45) is 2.74. The summed E-state index contributed by atoms with van der Waals surface area (Å²) in [6, 6.07) is 28.3. The highest BCUT2D eigenvalue weighted by Crippen LogP contribution is 2.37. The van der Waals surface area contributed by atoms with Gasteiger partial charge in [-0.1, -0.05) is 93.1 Å². The van der Waals surface area contributed by atoms with Gasteiger partial charge in [0, 0.05) is 17.0 Å². The molecule has 37 heavy (non-hydrogen) atoms. The van der Waals surface area contributed by atoms with E-state index in [9.17, 15) is 4.79 Å². The topological polar surface area (TPSA) is 48.7 Å². The number of ether oxygens (including phenoxy) is 1. The van der Waals surface area contributed by atoms with E-state index in [0.29, 0.717) is 31.0 Å². The minimum atomic E-state index is -2.63. The molecule has 0 spiro atoms. The number of allylic oxidation sites excluding steroid dienone is 2. The first-order valence-corrected chi connectivity index (χ1v) is 14.7. The highest BCUT2D eigenvalue weighted by Gasteiger charge is 2.50. The molecule has 0 saturated carbocycles. The Bertz CT molecular complexity index is 1370. The van der Waals surface area contributed by atoms with Crippen molar-refractivity contribution in [3.8, 4) is 5.75 Å². The van der Waals surface area contributed by atoms with Crippen molar-refractivity contribution in [2.45, 2.75) is 46.1 Å². The SMILES string of the molecule is CC(C)=CCc1c(OCCO[Si](c2ccccc2)(c2ccccc2)C(C)(C)C)ccc2ccc(=O)oc12. The molecule has 192 valence electrons. The molecule has 4 aromatic rings. The van der Waals surface area contributed by atoms with Crippen molar-refractivity contribution in [3.05, 3.63) is 113 Å². The lowest BCUT2D eigenvalue weighted by molar-refractivity contribution is 0.207. The molecule has 4 nitrogen and oxygen atoms in total. The molecule has 0 aliphatic heterocycles. The summed E-state index contributed by atoms with van der Waals surface area (Å²) in [5, 5.41) is 3.26. The average molecular weight is 513 g/mol. The third-order valence-corrected chi connectivity index (χ3v) is 11.7. The Labute approximate surface area is 220 Å². The van der Waals surface area contributed by atoms with Gasteiger partial charge < -0.3 is 13.6 Å². The van der Waals surface area contributed by atoms with Crippen LogP contribution in [-0.2, 0) is 10.8 Å². The first kappa shape index (κ1) is 26.6. The number of benzene rings is 3. The van der Waals surface area contributed by atoms with E-state index in [-0.39, 0.29) is 10.7 Å². The van der Waals surface area contributed by atoms with Crippen molar-refractivity contribution in [2.75, 3.05) is 13.2 Å². The van der Waals surface area contributed by atoms with Gasteiger partial charge in [-0.25, -0.2) is 4.79 Å². The third kappa shape index (κ3) is 5.79. The van der Waals surface area contributed by atoms with Crippen molar-refractivity contribution < 1.29 is 13.6 Å². The normalized spacial score (nSPS) is 11.9. The quantitative estimate of drug-likeness (QED) is 0.115. The van der Waals surface area contributed by atoms with Gasteiger partial charge in [0.2, 0.25) is 0 Å². The van der Waals surface area contributed by atoms with Gasteiger partial charge in [-0.15, -0.1) is 0 Å². The standard InChI is InChI=1S/C32H36O4Si/c1-24(2)16-19-28-29(20-17-25-18-21-30(33)36-31(25)28)34-22-23-35-37(32(3,4)5,26-12-8-6-9-13-26)27-14-10-7-11-15-27/h6-18,20-21H,19,22-23H2,1-5H3. The first-order valence-electron chi connectivity index (χ1n) is 12.8. The summed E-state index contributed by atoms with van der Waals surface area (Å²) in [5.74, 6) is 0.713. The maximum absolute atomic E-state index is 12.0. The summed E-state index contributed by atoms with van der Waals surface area (Å²) in [4.78, 5) is 12.0. The molecular weight excluding hydrogens is 476 g/mol. The van der Waals surface area contributed by atoms with Gasteiger partial charge in [-0.3, -0.25) is 0 Å². The summed E-state index contributed by atoms with van der Waals surface area (Å²) in [5.41, 5.74) is 2.28. The molecule has 1 heterocycles. The molecule has 0 amide bonds. The van der Waals surface area contributed by atoms with Crippen LogP contribution >= 0.6 is 0 Å². The van der Waals surface area contributed by atoms with Crippen LogP contribution in [-0.4, -0.2) is 21.5 Å². The highest BCUT2D eigenvalue weighted by atomic mass is 28.4. The Morgan fingerprint density at radius 1 is 0.838 bits per heavy atom. The average Bonchev–Trinajstić information content (AvgIpc) is 2.88. The van der Waals surface area contributed by atoms with Crippen LogP contribution in [0, 0.1) is 0 Å². The van der Waals surface area contributed by atoms with E-state index in [1.54, 1.807) is 6.07 Å². The van der Waals surface area contributed by atoms with Crippen LogP contribution in [0.1, 0.15) is 40.2 Å². The molecular formula is C32H36O4Si. The number of hydrogen-bond donors (Lipinski definition) is 0. The molecule has 0 radical (unpaired) electrons. The highest BCUT2D eigenvalue weighted by molar-refractivity contribution is 6.99. The van der Waals surface area contributed by atoms with Crippen LogP contribution in [0.25, 0.3) is 11.0 Å². The van der Waals surface area contributed by atoms with Crippen LogP contribution in [0.2, 0.25) is 5.04 Å². The zero-order valence-corrected chi connectivity index (χ0v) is 23.4. The maximum atomic E-state index is 12.0. The number of fused-ring (bicyclic) bond motifs is 1. The largest absolute Gasteiger partial charge is 0.491 e. The molecule has 0 aliphatic rings. The molecule has 3 aromatic carbocycles. The third-order valence-electron chi connectivity index (χ3n) is 6.64. The molecule has 0 N–H and O–H groups in total. The van der Waals surface area contributed by atoms with Crippen molar-refractivity contribution >= 4 is 29.7 Å². The second-order valence-corrected chi connectivity index (χ2v) is 14.9. The Morgan fingerprint density at radius 2 is 1.43 bits per heavy atom. The van der Waals surface area contributed by atoms with Crippen molar-refractivity contribution in [3.63, 3.8) is 0 Å². The second-order valence-electron chi connectivity index (χ2n) is 10.6. The van der Waals surface area contributed by atoms with Gasteiger partial charge >= 0.3 is 5.63 Å². The zero-order valence-electron chi connectivity index (χ0n) is 22.4. The Balaban J connectivity index is 1.64. The lowest BCUT2D eigenvalue weighted by atomic mass is 10.1. The van der Waals surface area contributed by atoms with E-state index in [0.717, 1.165) is 10.9 Å². The lowest BCUT2D eigenvalue weighted by Gasteiger charge is -2.43. The fourth-order valence-corrected chi connectivity index (χ4v) is 9.46. The molecule has 0 atom stereocenters. The molecule has 0 fully saturated rings. The van der Waals surface area contributed by atoms with E-state index in [2.05, 4.69) is 89.2 Å². The molecule has 0 saturated heterocycles. The van der Waals surface area contributed by atoms with Gasteiger partial charge in [0.1, 0.15) is 17.9 Å². The van der Waals surface area contributed by atoms with Crippen LogP contribution in [0.15, 0.2) is 106 Å². The van der Waals surface area contributed by atoms with Crippen LogP contribution < -0.4 is 20.7 Å². The summed E-state index contributed by atoms with van der Waals surface area (Å²) in [6.45, 7) is 11.7. The predicted molar refractivity (Wildman–Crippen MR) is 155 cm³/mol. The number of hydrogen-bond acceptors (Lipinski definition) is 4. The van der Waals surface area contributed by atoms with Crippen molar-refractivity contribution in [2.24, 2.45) is 0 Å². The van der Waals surface area contributed by atoms with E-state index < -0.39 is 8.32 Å². The van der Waals surface area contributed by atoms with Gasteiger partial charge in [-0.05, 0) is 53.9 Å². The fourth-order valence-electron chi connectivity index (χ4n) is 4.91. The van der Waals surface area contributed by atoms with Crippen molar-refractivity contribution in [1.82, 2.24) is 0 Å². The van der Waals surface area contributed by atoms with Gasteiger partial charge in [0.05, 0.1) is 6.61 Å². The fraction of sp³-hybridized carbons (Fsp3) is 0.281. The van der Waals surface area contributed by atoms with Gasteiger partial charge in [0.25, 0.3) is 8.32 Å². The van der Waals surface area contributed by atoms with Crippen LogP contribution in [0.5, 0.6) is 5.75 Å². The Kier molecular flexibility index (Phi) is 8.15. The summed E-state index contributed by atoms with van der Waals surface area (Å²) < 4.78 is 18.9. The zero-order chi connectivity index (χ0) is 26.5. The second kappa shape index (κ2) is 11.3. The van der Waals surface area contributed by atoms with Crippen LogP contribution in [0.3, 0.4) is 0 Å². The molecule has 0 unspecified atom stereocenters.